The molecule has 0 spiro atoms. The van der Waals surface area contributed by atoms with E-state index < -0.39 is 0 Å². The van der Waals surface area contributed by atoms with Crippen molar-refractivity contribution in [2.45, 2.75) is 6.92 Å². The predicted octanol–water partition coefficient (Wildman–Crippen LogP) is 2.28. The summed E-state index contributed by atoms with van der Waals surface area (Å²) in [5.74, 6) is 1.14. The van der Waals surface area contributed by atoms with Gasteiger partial charge >= 0.3 is 0 Å². The minimum Gasteiger partial charge on any atom is -0.489 e. The highest BCUT2D eigenvalue weighted by atomic mass is 16.5. The Hall–Kier alpha value is -2.62. The van der Waals surface area contributed by atoms with Crippen LogP contribution in [0.4, 0.5) is 0 Å². The van der Waals surface area contributed by atoms with Crippen LogP contribution in [-0.2, 0) is 19.1 Å². The number of carbonyl (C=O) groups is 2. The molecule has 0 bridgehead atoms. The highest BCUT2D eigenvalue weighted by Crippen LogP contribution is 2.39. The Kier molecular flexibility index (Phi) is 2.79. The lowest BCUT2D eigenvalue weighted by molar-refractivity contribution is -0.111. The minimum absolute atomic E-state index is 0.0533. The Balaban J connectivity index is 1.70. The maximum atomic E-state index is 11.6. The van der Waals surface area contributed by atoms with Crippen molar-refractivity contribution in [3.8, 4) is 0 Å². The molecule has 1 radical (unpaired) electrons. The van der Waals surface area contributed by atoms with E-state index in [2.05, 4.69) is 0 Å². The Morgan fingerprint density at radius 1 is 0.955 bits per heavy atom. The van der Waals surface area contributed by atoms with Gasteiger partial charge in [0.05, 0.1) is 0 Å². The molecule has 0 fully saturated rings. The molecule has 0 amide bonds. The van der Waals surface area contributed by atoms with Gasteiger partial charge in [-0.2, -0.15) is 0 Å². The molecule has 0 unspecified atom stereocenters. The van der Waals surface area contributed by atoms with E-state index in [0.717, 1.165) is 27.9 Å². The molecular weight excluding hydrogens is 280 g/mol. The standard InChI is InChI=1S/C18H13O4/c1-10-9-22-18-8-13(20)6-16(18)14(10)4-11-2-3-21-17-7-12(19)5-15(11)17/h2,4-8H,3,9H2,1H3. The van der Waals surface area contributed by atoms with Gasteiger partial charge in [-0.05, 0) is 41.9 Å². The number of carbonyl (C=O) groups excluding carboxylic acids is 2. The van der Waals surface area contributed by atoms with Crippen molar-refractivity contribution in [1.29, 1.82) is 0 Å². The van der Waals surface area contributed by atoms with Crippen LogP contribution in [0.15, 0.2) is 69.8 Å². The van der Waals surface area contributed by atoms with Gasteiger partial charge in [-0.15, -0.1) is 0 Å². The molecule has 0 saturated carbocycles. The second-order valence-electron chi connectivity index (χ2n) is 5.54. The maximum Gasteiger partial charge on any atom is 0.183 e. The fourth-order valence-corrected chi connectivity index (χ4v) is 2.92. The van der Waals surface area contributed by atoms with Gasteiger partial charge in [-0.1, -0.05) is 0 Å². The molecule has 0 aromatic rings. The van der Waals surface area contributed by atoms with Gasteiger partial charge in [0.15, 0.2) is 11.6 Å². The molecule has 0 aromatic heterocycles. The lowest BCUT2D eigenvalue weighted by Gasteiger charge is -2.25. The second-order valence-corrected chi connectivity index (χ2v) is 5.54. The average molecular weight is 293 g/mol. The zero-order chi connectivity index (χ0) is 15.3. The maximum absolute atomic E-state index is 11.6. The van der Waals surface area contributed by atoms with E-state index in [1.54, 1.807) is 12.2 Å². The third-order valence-electron chi connectivity index (χ3n) is 4.00. The van der Waals surface area contributed by atoms with Crippen LogP contribution in [0, 0.1) is 6.42 Å². The number of ketones is 2. The van der Waals surface area contributed by atoms with E-state index in [9.17, 15) is 9.59 Å². The Bertz CT molecular complexity index is 797. The van der Waals surface area contributed by atoms with E-state index in [1.165, 1.54) is 12.2 Å². The van der Waals surface area contributed by atoms with Gasteiger partial charge in [0.1, 0.15) is 24.7 Å². The number of hydrogen-bond acceptors (Lipinski definition) is 4. The third-order valence-corrected chi connectivity index (χ3v) is 4.00. The molecule has 2 aliphatic heterocycles. The van der Waals surface area contributed by atoms with Crippen molar-refractivity contribution < 1.29 is 19.1 Å². The van der Waals surface area contributed by atoms with Crippen LogP contribution in [0.2, 0.25) is 0 Å². The van der Waals surface area contributed by atoms with Crippen molar-refractivity contribution >= 4 is 11.6 Å². The average Bonchev–Trinajstić information content (AvgIpc) is 3.04. The molecule has 4 aliphatic rings. The highest BCUT2D eigenvalue weighted by molar-refractivity contribution is 6.06. The number of allylic oxidation sites excluding steroid dienone is 6. The minimum atomic E-state index is -0.0558. The molecular formula is C18H13O4. The fourth-order valence-electron chi connectivity index (χ4n) is 2.92. The van der Waals surface area contributed by atoms with Gasteiger partial charge in [0, 0.05) is 29.7 Å². The molecule has 4 heteroatoms. The molecule has 0 N–H and O–H groups in total. The van der Waals surface area contributed by atoms with Crippen LogP contribution in [0.5, 0.6) is 0 Å². The summed E-state index contributed by atoms with van der Waals surface area (Å²) in [6.45, 7) is 2.88. The predicted molar refractivity (Wildman–Crippen MR) is 79.3 cm³/mol. The first-order valence-corrected chi connectivity index (χ1v) is 7.08. The van der Waals surface area contributed by atoms with Crippen LogP contribution in [-0.4, -0.2) is 24.8 Å². The number of hydrogen-bond donors (Lipinski definition) is 0. The Labute approximate surface area is 127 Å². The molecule has 109 valence electrons. The summed E-state index contributed by atoms with van der Waals surface area (Å²) in [4.78, 5) is 23.2. The lowest BCUT2D eigenvalue weighted by Crippen LogP contribution is -2.13. The first kappa shape index (κ1) is 13.1. The van der Waals surface area contributed by atoms with Crippen molar-refractivity contribution in [3.05, 3.63) is 76.2 Å². The Morgan fingerprint density at radius 3 is 2.41 bits per heavy atom. The molecule has 0 saturated heterocycles. The van der Waals surface area contributed by atoms with Crippen molar-refractivity contribution in [2.75, 3.05) is 13.2 Å². The summed E-state index contributed by atoms with van der Waals surface area (Å²) in [6, 6.07) is 0. The summed E-state index contributed by atoms with van der Waals surface area (Å²) in [5, 5.41) is 0. The monoisotopic (exact) mass is 293 g/mol. The summed E-state index contributed by atoms with van der Waals surface area (Å²) in [5.41, 5.74) is 4.60. The summed E-state index contributed by atoms with van der Waals surface area (Å²) in [6.07, 6.45) is 10.1. The molecule has 22 heavy (non-hydrogen) atoms. The first-order valence-electron chi connectivity index (χ1n) is 7.08. The zero-order valence-corrected chi connectivity index (χ0v) is 12.0. The molecule has 0 aromatic carbocycles. The van der Waals surface area contributed by atoms with Crippen molar-refractivity contribution in [1.82, 2.24) is 0 Å². The van der Waals surface area contributed by atoms with Gasteiger partial charge in [-0.3, -0.25) is 9.59 Å². The van der Waals surface area contributed by atoms with Crippen LogP contribution < -0.4 is 0 Å². The van der Waals surface area contributed by atoms with Crippen molar-refractivity contribution in [3.63, 3.8) is 0 Å². The second kappa shape index (κ2) is 4.70. The van der Waals surface area contributed by atoms with Crippen LogP contribution >= 0.6 is 0 Å². The first-order chi connectivity index (χ1) is 10.6. The summed E-state index contributed by atoms with van der Waals surface area (Å²) >= 11 is 0. The third kappa shape index (κ3) is 1.99. The molecule has 2 aliphatic carbocycles. The van der Waals surface area contributed by atoms with E-state index >= 15 is 0 Å². The van der Waals surface area contributed by atoms with E-state index in [4.69, 9.17) is 9.47 Å². The van der Waals surface area contributed by atoms with Gasteiger partial charge in [0.25, 0.3) is 0 Å². The quantitative estimate of drug-likeness (QED) is 0.784. The molecule has 4 rings (SSSR count). The molecule has 4 nitrogen and oxygen atoms in total. The number of ether oxygens (including phenoxy) is 2. The van der Waals surface area contributed by atoms with E-state index in [0.29, 0.717) is 24.7 Å². The SMILES string of the molecule is CC1=C([CH]C2=CCOC3=CC(=O)C=C23)C2=CC(=O)C=C2OC1. The van der Waals surface area contributed by atoms with Crippen LogP contribution in [0.1, 0.15) is 6.92 Å². The smallest absolute Gasteiger partial charge is 0.183 e. The summed E-state index contributed by atoms with van der Waals surface area (Å²) < 4.78 is 11.1. The van der Waals surface area contributed by atoms with Gasteiger partial charge < -0.3 is 9.47 Å². The number of fused-ring (bicyclic) bond motifs is 2. The molecule has 0 atom stereocenters. The van der Waals surface area contributed by atoms with Gasteiger partial charge in [0.2, 0.25) is 0 Å². The molecule has 2 heterocycles. The zero-order valence-electron chi connectivity index (χ0n) is 12.0. The van der Waals surface area contributed by atoms with Crippen LogP contribution in [0.25, 0.3) is 0 Å². The normalized spacial score (nSPS) is 22.9. The largest absolute Gasteiger partial charge is 0.489 e. The fraction of sp³-hybridized carbons (Fsp3) is 0.167. The van der Waals surface area contributed by atoms with Crippen molar-refractivity contribution in [2.24, 2.45) is 0 Å². The number of rotatable bonds is 2. The van der Waals surface area contributed by atoms with E-state index in [1.807, 2.05) is 19.4 Å². The Morgan fingerprint density at radius 2 is 1.64 bits per heavy atom. The van der Waals surface area contributed by atoms with E-state index in [-0.39, 0.29) is 11.6 Å². The highest BCUT2D eigenvalue weighted by Gasteiger charge is 2.30. The topological polar surface area (TPSA) is 52.6 Å². The van der Waals surface area contributed by atoms with Crippen LogP contribution in [0.3, 0.4) is 0 Å². The van der Waals surface area contributed by atoms with Gasteiger partial charge in [-0.25, -0.2) is 0 Å². The summed E-state index contributed by atoms with van der Waals surface area (Å²) in [7, 11) is 0. The lowest BCUT2D eigenvalue weighted by atomic mass is 9.88.